The van der Waals surface area contributed by atoms with E-state index in [-0.39, 0.29) is 5.69 Å². The first-order valence-electron chi connectivity index (χ1n) is 8.00. The van der Waals surface area contributed by atoms with E-state index in [1.165, 1.54) is 6.21 Å². The third kappa shape index (κ3) is 4.96. The third-order valence-electron chi connectivity index (χ3n) is 3.70. The molecule has 3 rings (SSSR count). The normalized spacial score (nSPS) is 10.9. The summed E-state index contributed by atoms with van der Waals surface area (Å²) in [4.78, 5) is 12.3. The van der Waals surface area contributed by atoms with E-state index < -0.39 is 5.91 Å². The van der Waals surface area contributed by atoms with Gasteiger partial charge in [0.1, 0.15) is 5.75 Å². The summed E-state index contributed by atoms with van der Waals surface area (Å²) >= 11 is 9.26. The van der Waals surface area contributed by atoms with Crippen LogP contribution >= 0.6 is 27.5 Å². The highest BCUT2D eigenvalue weighted by atomic mass is 79.9. The van der Waals surface area contributed by atoms with Gasteiger partial charge in [0.05, 0.1) is 24.3 Å². The maximum Gasteiger partial charge on any atom is 0.293 e. The number of hydrazone groups is 1. The molecule has 0 unspecified atom stereocenters. The maximum absolute atomic E-state index is 12.3. The highest BCUT2D eigenvalue weighted by Crippen LogP contribution is 2.17. The molecule has 1 N–H and O–H groups in total. The molecule has 0 bridgehead atoms. The zero-order chi connectivity index (χ0) is 19.2. The number of hydrogen-bond acceptors (Lipinski definition) is 4. The van der Waals surface area contributed by atoms with E-state index in [1.807, 2.05) is 48.5 Å². The average molecular weight is 448 g/mol. The van der Waals surface area contributed by atoms with Gasteiger partial charge in [-0.3, -0.25) is 9.48 Å². The largest absolute Gasteiger partial charge is 0.496 e. The van der Waals surface area contributed by atoms with Gasteiger partial charge in [0.2, 0.25) is 0 Å². The van der Waals surface area contributed by atoms with Gasteiger partial charge in [-0.15, -0.1) is 0 Å². The molecule has 0 aliphatic rings. The lowest BCUT2D eigenvalue weighted by Crippen LogP contribution is -2.19. The Balaban J connectivity index is 1.67. The van der Waals surface area contributed by atoms with Gasteiger partial charge in [-0.2, -0.15) is 10.2 Å². The Labute approximate surface area is 169 Å². The van der Waals surface area contributed by atoms with Gasteiger partial charge in [-0.1, -0.05) is 35.9 Å². The number of hydrogen-bond donors (Lipinski definition) is 1. The van der Waals surface area contributed by atoms with Gasteiger partial charge in [-0.25, -0.2) is 5.43 Å². The Kier molecular flexibility index (Phi) is 6.26. The number of amides is 1. The van der Waals surface area contributed by atoms with Crippen molar-refractivity contribution in [1.82, 2.24) is 15.2 Å². The number of aromatic nitrogens is 2. The van der Waals surface area contributed by atoms with Crippen molar-refractivity contribution in [2.45, 2.75) is 6.54 Å². The summed E-state index contributed by atoms with van der Waals surface area (Å²) in [5, 5.41) is 8.97. The highest BCUT2D eigenvalue weighted by Gasteiger charge is 2.15. The number of halogens is 2. The van der Waals surface area contributed by atoms with E-state index in [1.54, 1.807) is 18.0 Å². The first-order chi connectivity index (χ1) is 13.1. The number of nitrogens with zero attached hydrogens (tertiary/aromatic N) is 3. The molecule has 1 heterocycles. The number of benzene rings is 2. The molecule has 6 nitrogen and oxygen atoms in total. The van der Waals surface area contributed by atoms with Crippen molar-refractivity contribution in [3.8, 4) is 5.75 Å². The summed E-state index contributed by atoms with van der Waals surface area (Å²) in [5.41, 5.74) is 4.51. The minimum atomic E-state index is -0.414. The number of rotatable bonds is 6. The SMILES string of the molecule is COc1ccccc1/C=N\NC(=O)c1nn(Cc2ccc(Cl)cc2)cc1Br. The van der Waals surface area contributed by atoms with Crippen LogP contribution in [0.15, 0.2) is 64.3 Å². The summed E-state index contributed by atoms with van der Waals surface area (Å²) in [6.07, 6.45) is 3.27. The van der Waals surface area contributed by atoms with Gasteiger partial charge < -0.3 is 4.74 Å². The Morgan fingerprint density at radius 2 is 2.04 bits per heavy atom. The van der Waals surface area contributed by atoms with Crippen molar-refractivity contribution in [1.29, 1.82) is 0 Å². The van der Waals surface area contributed by atoms with E-state index in [4.69, 9.17) is 16.3 Å². The van der Waals surface area contributed by atoms with Crippen molar-refractivity contribution in [2.24, 2.45) is 5.10 Å². The van der Waals surface area contributed by atoms with Crippen molar-refractivity contribution >= 4 is 39.7 Å². The minimum absolute atomic E-state index is 0.251. The van der Waals surface area contributed by atoms with Crippen LogP contribution in [0.5, 0.6) is 5.75 Å². The van der Waals surface area contributed by atoms with E-state index in [0.717, 1.165) is 11.1 Å². The Morgan fingerprint density at radius 1 is 1.30 bits per heavy atom. The van der Waals surface area contributed by atoms with Crippen LogP contribution in [0.25, 0.3) is 0 Å². The van der Waals surface area contributed by atoms with Gasteiger partial charge in [0, 0.05) is 16.8 Å². The molecule has 2 aromatic carbocycles. The Morgan fingerprint density at radius 3 is 2.78 bits per heavy atom. The molecule has 0 aliphatic carbocycles. The topological polar surface area (TPSA) is 68.5 Å². The number of carbonyl (C=O) groups excluding carboxylic acids is 1. The van der Waals surface area contributed by atoms with Crippen LogP contribution in [0, 0.1) is 0 Å². The number of methoxy groups -OCH3 is 1. The van der Waals surface area contributed by atoms with Gasteiger partial charge in [0.15, 0.2) is 5.69 Å². The molecule has 0 spiro atoms. The van der Waals surface area contributed by atoms with Gasteiger partial charge >= 0.3 is 0 Å². The van der Waals surface area contributed by atoms with E-state index in [2.05, 4.69) is 31.6 Å². The van der Waals surface area contributed by atoms with Crippen LogP contribution in [-0.2, 0) is 6.54 Å². The molecule has 0 atom stereocenters. The molecule has 138 valence electrons. The van der Waals surface area contributed by atoms with E-state index in [0.29, 0.717) is 21.8 Å². The number of para-hydroxylation sites is 1. The van der Waals surface area contributed by atoms with Crippen LogP contribution < -0.4 is 10.2 Å². The molecule has 8 heteroatoms. The number of carbonyl (C=O) groups is 1. The molecular formula is C19H16BrClN4O2. The third-order valence-corrected chi connectivity index (χ3v) is 4.53. The van der Waals surface area contributed by atoms with E-state index in [9.17, 15) is 4.79 Å². The molecule has 0 fully saturated rings. The van der Waals surface area contributed by atoms with Crippen LogP contribution in [0.2, 0.25) is 5.02 Å². The Bertz CT molecular complexity index is 970. The fraction of sp³-hybridized carbons (Fsp3) is 0.105. The van der Waals surface area contributed by atoms with Gasteiger partial charge in [-0.05, 0) is 45.8 Å². The molecule has 0 saturated carbocycles. The fourth-order valence-corrected chi connectivity index (χ4v) is 3.02. The van der Waals surface area contributed by atoms with Gasteiger partial charge in [0.25, 0.3) is 5.91 Å². The summed E-state index contributed by atoms with van der Waals surface area (Å²) in [6.45, 7) is 0.521. The predicted molar refractivity (Wildman–Crippen MR) is 109 cm³/mol. The lowest BCUT2D eigenvalue weighted by Gasteiger charge is -2.03. The summed E-state index contributed by atoms with van der Waals surface area (Å²) in [6, 6.07) is 14.8. The lowest BCUT2D eigenvalue weighted by atomic mass is 10.2. The second-order valence-corrected chi connectivity index (χ2v) is 6.88. The monoisotopic (exact) mass is 446 g/mol. The molecule has 3 aromatic rings. The molecule has 0 aliphatic heterocycles. The second-order valence-electron chi connectivity index (χ2n) is 5.59. The summed E-state index contributed by atoms with van der Waals surface area (Å²) < 4.78 is 7.50. The first kappa shape index (κ1) is 19.1. The van der Waals surface area contributed by atoms with Crippen molar-refractivity contribution < 1.29 is 9.53 Å². The minimum Gasteiger partial charge on any atom is -0.496 e. The molecule has 1 aromatic heterocycles. The number of ether oxygens (including phenoxy) is 1. The van der Waals surface area contributed by atoms with Crippen LogP contribution in [-0.4, -0.2) is 29.0 Å². The van der Waals surface area contributed by atoms with Crippen molar-refractivity contribution in [2.75, 3.05) is 7.11 Å². The van der Waals surface area contributed by atoms with E-state index >= 15 is 0 Å². The lowest BCUT2D eigenvalue weighted by molar-refractivity contribution is 0.0948. The van der Waals surface area contributed by atoms with Crippen molar-refractivity contribution in [3.63, 3.8) is 0 Å². The average Bonchev–Trinajstić information content (AvgIpc) is 3.04. The zero-order valence-electron chi connectivity index (χ0n) is 14.4. The fourth-order valence-electron chi connectivity index (χ4n) is 2.40. The standard InChI is InChI=1S/C19H16BrClN4O2/c1-27-17-5-3-2-4-14(17)10-22-23-19(26)18-16(20)12-25(24-18)11-13-6-8-15(21)9-7-13/h2-10,12H,11H2,1H3,(H,23,26)/b22-10-. The molecular weight excluding hydrogens is 432 g/mol. The Hall–Kier alpha value is -2.64. The van der Waals surface area contributed by atoms with Crippen LogP contribution in [0.1, 0.15) is 21.6 Å². The smallest absolute Gasteiger partial charge is 0.293 e. The summed E-state index contributed by atoms with van der Waals surface area (Å²) in [7, 11) is 1.58. The highest BCUT2D eigenvalue weighted by molar-refractivity contribution is 9.10. The number of nitrogens with one attached hydrogen (secondary N) is 1. The first-order valence-corrected chi connectivity index (χ1v) is 9.17. The van der Waals surface area contributed by atoms with Crippen LogP contribution in [0.4, 0.5) is 0 Å². The zero-order valence-corrected chi connectivity index (χ0v) is 16.7. The molecule has 27 heavy (non-hydrogen) atoms. The molecule has 0 saturated heterocycles. The maximum atomic E-state index is 12.3. The second kappa shape index (κ2) is 8.83. The van der Waals surface area contributed by atoms with Crippen molar-refractivity contribution in [3.05, 3.63) is 81.0 Å². The molecule has 0 radical (unpaired) electrons. The predicted octanol–water partition coefficient (Wildman–Crippen LogP) is 4.12. The summed E-state index contributed by atoms with van der Waals surface area (Å²) in [5.74, 6) is 0.256. The quantitative estimate of drug-likeness (QED) is 0.456. The van der Waals surface area contributed by atoms with Crippen LogP contribution in [0.3, 0.4) is 0 Å². The molecule has 1 amide bonds.